The third-order valence-electron chi connectivity index (χ3n) is 2.29. The van der Waals surface area contributed by atoms with Gasteiger partial charge in [0.2, 0.25) is 5.90 Å². The Morgan fingerprint density at radius 3 is 2.67 bits per heavy atom. The first-order valence-corrected chi connectivity index (χ1v) is 4.89. The molecule has 0 aliphatic carbocycles. The maximum atomic E-state index is 5.25. The average molecular weight is 202 g/mol. The van der Waals surface area contributed by atoms with Crippen LogP contribution in [0, 0.1) is 0 Å². The number of nitrogens with one attached hydrogen (secondary N) is 1. The molecule has 1 aromatic carbocycles. The summed E-state index contributed by atoms with van der Waals surface area (Å²) in [5.74, 6) is 0.647. The number of para-hydroxylation sites is 2. The number of aliphatic imine (C=N–C) groups is 1. The van der Waals surface area contributed by atoms with Crippen molar-refractivity contribution in [3.63, 3.8) is 0 Å². The van der Waals surface area contributed by atoms with Crippen molar-refractivity contribution in [2.45, 2.75) is 13.8 Å². The van der Waals surface area contributed by atoms with Gasteiger partial charge in [-0.25, -0.2) is 4.99 Å². The lowest BCUT2D eigenvalue weighted by atomic mass is 10.2. The Kier molecular flexibility index (Phi) is 2.46. The van der Waals surface area contributed by atoms with Gasteiger partial charge in [0.15, 0.2) is 0 Å². The summed E-state index contributed by atoms with van der Waals surface area (Å²) in [4.78, 5) is 4.44. The molecule has 0 saturated heterocycles. The van der Waals surface area contributed by atoms with E-state index < -0.39 is 0 Å². The minimum atomic E-state index is 0.647. The monoisotopic (exact) mass is 202 g/mol. The van der Waals surface area contributed by atoms with Crippen molar-refractivity contribution in [3.05, 3.63) is 35.5 Å². The zero-order chi connectivity index (χ0) is 10.8. The highest BCUT2D eigenvalue weighted by atomic mass is 16.5. The van der Waals surface area contributed by atoms with Crippen molar-refractivity contribution in [2.24, 2.45) is 4.99 Å². The number of rotatable bonds is 0. The van der Waals surface area contributed by atoms with Crippen molar-refractivity contribution < 1.29 is 4.74 Å². The van der Waals surface area contributed by atoms with Gasteiger partial charge in [-0.3, -0.25) is 0 Å². The highest BCUT2D eigenvalue weighted by Crippen LogP contribution is 2.31. The second kappa shape index (κ2) is 3.77. The molecule has 15 heavy (non-hydrogen) atoms. The van der Waals surface area contributed by atoms with Gasteiger partial charge in [0.25, 0.3) is 0 Å². The summed E-state index contributed by atoms with van der Waals surface area (Å²) in [7, 11) is 1.64. The number of ether oxygens (including phenoxy) is 1. The largest absolute Gasteiger partial charge is 0.480 e. The molecule has 1 aromatic rings. The van der Waals surface area contributed by atoms with Gasteiger partial charge >= 0.3 is 0 Å². The first-order chi connectivity index (χ1) is 7.22. The Morgan fingerprint density at radius 2 is 2.00 bits per heavy atom. The van der Waals surface area contributed by atoms with Crippen LogP contribution in [0.4, 0.5) is 11.4 Å². The second-order valence-electron chi connectivity index (χ2n) is 3.64. The predicted molar refractivity (Wildman–Crippen MR) is 62.5 cm³/mol. The molecule has 78 valence electrons. The molecular formula is C12H14N2O. The molecule has 0 spiro atoms. The molecule has 0 radical (unpaired) electrons. The lowest BCUT2D eigenvalue weighted by Gasteiger charge is -2.20. The SMILES string of the molecule is COC1=Nc2ccccc2NC1=C(C)C. The van der Waals surface area contributed by atoms with Crippen molar-refractivity contribution in [3.8, 4) is 0 Å². The smallest absolute Gasteiger partial charge is 0.238 e. The zero-order valence-electron chi connectivity index (χ0n) is 9.16. The number of benzene rings is 1. The lowest BCUT2D eigenvalue weighted by molar-refractivity contribution is 0.403. The first-order valence-electron chi connectivity index (χ1n) is 4.89. The van der Waals surface area contributed by atoms with Crippen LogP contribution in [0.3, 0.4) is 0 Å². The summed E-state index contributed by atoms with van der Waals surface area (Å²) >= 11 is 0. The third-order valence-corrected chi connectivity index (χ3v) is 2.29. The minimum absolute atomic E-state index is 0.647. The number of methoxy groups -OCH3 is 1. The molecule has 0 bridgehead atoms. The van der Waals surface area contributed by atoms with E-state index in [2.05, 4.69) is 10.3 Å². The second-order valence-corrected chi connectivity index (χ2v) is 3.64. The van der Waals surface area contributed by atoms with E-state index in [-0.39, 0.29) is 0 Å². The van der Waals surface area contributed by atoms with Gasteiger partial charge < -0.3 is 10.1 Å². The number of hydrogen-bond acceptors (Lipinski definition) is 3. The molecule has 0 amide bonds. The zero-order valence-corrected chi connectivity index (χ0v) is 9.16. The van der Waals surface area contributed by atoms with E-state index in [0.29, 0.717) is 5.90 Å². The molecule has 1 aliphatic rings. The molecule has 0 unspecified atom stereocenters. The normalized spacial score (nSPS) is 13.8. The molecule has 0 atom stereocenters. The van der Waals surface area contributed by atoms with Crippen LogP contribution in [0.25, 0.3) is 0 Å². The number of allylic oxidation sites excluding steroid dienone is 1. The summed E-state index contributed by atoms with van der Waals surface area (Å²) < 4.78 is 5.25. The Bertz CT molecular complexity index is 443. The standard InChI is InChI=1S/C12H14N2O/c1-8(2)11-12(15-3)14-10-7-5-4-6-9(10)13-11/h4-7,13H,1-3H3. The van der Waals surface area contributed by atoms with E-state index in [9.17, 15) is 0 Å². The van der Waals surface area contributed by atoms with Crippen LogP contribution < -0.4 is 5.32 Å². The first kappa shape index (κ1) is 9.77. The van der Waals surface area contributed by atoms with E-state index >= 15 is 0 Å². The van der Waals surface area contributed by atoms with Gasteiger partial charge in [0, 0.05) is 0 Å². The number of anilines is 1. The number of nitrogens with zero attached hydrogens (tertiary/aromatic N) is 1. The minimum Gasteiger partial charge on any atom is -0.480 e. The van der Waals surface area contributed by atoms with Crippen LogP contribution in [0.2, 0.25) is 0 Å². The molecule has 0 saturated carbocycles. The summed E-state index contributed by atoms with van der Waals surface area (Å²) in [5.41, 5.74) is 4.05. The maximum Gasteiger partial charge on any atom is 0.238 e. The van der Waals surface area contributed by atoms with Crippen LogP contribution in [-0.4, -0.2) is 13.0 Å². The van der Waals surface area contributed by atoms with E-state index in [4.69, 9.17) is 4.74 Å². The molecule has 1 aliphatic heterocycles. The van der Waals surface area contributed by atoms with Crippen molar-refractivity contribution in [2.75, 3.05) is 12.4 Å². The van der Waals surface area contributed by atoms with Crippen LogP contribution in [0.1, 0.15) is 13.8 Å². The average Bonchev–Trinajstić information content (AvgIpc) is 2.27. The molecule has 0 aromatic heterocycles. The molecule has 1 heterocycles. The fraction of sp³-hybridized carbons (Fsp3) is 0.250. The van der Waals surface area contributed by atoms with E-state index in [0.717, 1.165) is 22.6 Å². The van der Waals surface area contributed by atoms with Gasteiger partial charge in [-0.2, -0.15) is 0 Å². The lowest BCUT2D eigenvalue weighted by Crippen LogP contribution is -2.18. The van der Waals surface area contributed by atoms with Crippen LogP contribution in [0.5, 0.6) is 0 Å². The Hall–Kier alpha value is -1.77. The van der Waals surface area contributed by atoms with E-state index in [1.807, 2.05) is 38.1 Å². The highest BCUT2D eigenvalue weighted by molar-refractivity contribution is 6.02. The fourth-order valence-electron chi connectivity index (χ4n) is 1.52. The van der Waals surface area contributed by atoms with E-state index in [1.54, 1.807) is 7.11 Å². The van der Waals surface area contributed by atoms with Gasteiger partial charge in [-0.05, 0) is 31.6 Å². The number of hydrogen-bond donors (Lipinski definition) is 1. The van der Waals surface area contributed by atoms with Crippen LogP contribution >= 0.6 is 0 Å². The van der Waals surface area contributed by atoms with E-state index in [1.165, 1.54) is 0 Å². The van der Waals surface area contributed by atoms with Crippen LogP contribution in [0.15, 0.2) is 40.5 Å². The predicted octanol–water partition coefficient (Wildman–Crippen LogP) is 3.08. The fourth-order valence-corrected chi connectivity index (χ4v) is 1.52. The van der Waals surface area contributed by atoms with Gasteiger partial charge in [-0.1, -0.05) is 12.1 Å². The quantitative estimate of drug-likeness (QED) is 0.701. The summed E-state index contributed by atoms with van der Waals surface area (Å²) in [6.45, 7) is 4.07. The number of fused-ring (bicyclic) bond motifs is 1. The molecule has 1 N–H and O–H groups in total. The summed E-state index contributed by atoms with van der Waals surface area (Å²) in [6, 6.07) is 7.92. The Morgan fingerprint density at radius 1 is 1.27 bits per heavy atom. The van der Waals surface area contributed by atoms with Gasteiger partial charge in [-0.15, -0.1) is 0 Å². The van der Waals surface area contributed by atoms with Crippen molar-refractivity contribution in [1.29, 1.82) is 0 Å². The van der Waals surface area contributed by atoms with Crippen molar-refractivity contribution >= 4 is 17.3 Å². The molecule has 3 nitrogen and oxygen atoms in total. The molecule has 0 fully saturated rings. The highest BCUT2D eigenvalue weighted by Gasteiger charge is 2.17. The molecule has 3 heteroatoms. The van der Waals surface area contributed by atoms with Gasteiger partial charge in [0.05, 0.1) is 18.5 Å². The van der Waals surface area contributed by atoms with Gasteiger partial charge in [0.1, 0.15) is 5.70 Å². The van der Waals surface area contributed by atoms with Crippen molar-refractivity contribution in [1.82, 2.24) is 0 Å². The third kappa shape index (κ3) is 1.73. The molecule has 2 rings (SSSR count). The van der Waals surface area contributed by atoms with Crippen LogP contribution in [-0.2, 0) is 4.74 Å². The summed E-state index contributed by atoms with van der Waals surface area (Å²) in [6.07, 6.45) is 0. The Balaban J connectivity index is 2.54. The Labute approximate surface area is 89.5 Å². The molecular weight excluding hydrogens is 188 g/mol. The topological polar surface area (TPSA) is 33.6 Å². The summed E-state index contributed by atoms with van der Waals surface area (Å²) in [5, 5.41) is 3.32. The maximum absolute atomic E-state index is 5.25.